The van der Waals surface area contributed by atoms with Crippen LogP contribution in [0.3, 0.4) is 0 Å². The van der Waals surface area contributed by atoms with Gasteiger partial charge in [-0.05, 0) is 74.8 Å². The van der Waals surface area contributed by atoms with Crippen molar-refractivity contribution in [2.75, 3.05) is 0 Å². The van der Waals surface area contributed by atoms with Crippen molar-refractivity contribution in [3.63, 3.8) is 0 Å². The molecule has 0 radical (unpaired) electrons. The van der Waals surface area contributed by atoms with Crippen LogP contribution in [0.15, 0.2) is 35.1 Å². The molecule has 1 saturated carbocycles. The van der Waals surface area contributed by atoms with E-state index in [1.54, 1.807) is 0 Å². The summed E-state index contributed by atoms with van der Waals surface area (Å²) in [7, 11) is 0. The first-order valence-corrected chi connectivity index (χ1v) is 12.9. The summed E-state index contributed by atoms with van der Waals surface area (Å²) in [5.41, 5.74) is 5.57. The maximum atomic E-state index is 11.5. The van der Waals surface area contributed by atoms with E-state index < -0.39 is 0 Å². The Morgan fingerprint density at radius 1 is 1.16 bits per heavy atom. The molecular weight excluding hydrogens is 392 g/mol. The van der Waals surface area contributed by atoms with E-state index in [-0.39, 0.29) is 16.7 Å². The molecule has 0 heterocycles. The number of allylic oxidation sites excluding steroid dienone is 4. The number of phenols is 1. The lowest BCUT2D eigenvalue weighted by atomic mass is 9.69. The molecule has 2 unspecified atom stereocenters. The van der Waals surface area contributed by atoms with Gasteiger partial charge in [0.2, 0.25) is 0 Å². The molecule has 180 valence electrons. The number of hydrogen-bond acceptors (Lipinski definition) is 2. The van der Waals surface area contributed by atoms with Crippen LogP contribution in [-0.4, -0.2) is 10.2 Å². The molecule has 1 aliphatic rings. The maximum Gasteiger partial charge on any atom is 0.122 e. The molecule has 0 spiro atoms. The summed E-state index contributed by atoms with van der Waals surface area (Å²) >= 11 is 0. The van der Waals surface area contributed by atoms with Crippen LogP contribution in [0.5, 0.6) is 5.75 Å². The topological polar surface area (TPSA) is 40.5 Å². The fraction of sp³-hybridized carbons (Fsp3) is 0.667. The Morgan fingerprint density at radius 3 is 2.31 bits per heavy atom. The minimum absolute atomic E-state index is 0.0419. The molecule has 0 amide bonds. The first-order valence-electron chi connectivity index (χ1n) is 12.9. The summed E-state index contributed by atoms with van der Waals surface area (Å²) in [5.74, 6) is 0.883. The molecule has 2 rings (SSSR count). The van der Waals surface area contributed by atoms with E-state index >= 15 is 0 Å². The van der Waals surface area contributed by atoms with Gasteiger partial charge >= 0.3 is 0 Å². The largest absolute Gasteiger partial charge is 0.512 e. The zero-order chi connectivity index (χ0) is 24.1. The van der Waals surface area contributed by atoms with Gasteiger partial charge in [-0.2, -0.15) is 0 Å². The van der Waals surface area contributed by atoms with Crippen LogP contribution >= 0.6 is 0 Å². The summed E-state index contributed by atoms with van der Waals surface area (Å²) in [6.07, 6.45) is 12.0. The van der Waals surface area contributed by atoms with Crippen LogP contribution in [0.2, 0.25) is 0 Å². The van der Waals surface area contributed by atoms with Gasteiger partial charge in [-0.1, -0.05) is 89.6 Å². The van der Waals surface area contributed by atoms with Gasteiger partial charge in [-0.3, -0.25) is 0 Å². The molecule has 2 atom stereocenters. The Labute approximate surface area is 197 Å². The SMILES string of the molecule is CCCC(C)(CC)/C(C=C(C)C)=C(\O)C(C)Cc1cc(C)cc(C2(C)CCCCC2)c1O. The van der Waals surface area contributed by atoms with Crippen molar-refractivity contribution >= 4 is 0 Å². The number of rotatable bonds is 9. The Kier molecular flexibility index (Phi) is 9.08. The summed E-state index contributed by atoms with van der Waals surface area (Å²) < 4.78 is 0. The molecule has 0 aliphatic heterocycles. The Balaban J connectivity index is 2.47. The molecule has 2 nitrogen and oxygen atoms in total. The molecule has 1 aromatic carbocycles. The van der Waals surface area contributed by atoms with Crippen molar-refractivity contribution < 1.29 is 10.2 Å². The van der Waals surface area contributed by atoms with Gasteiger partial charge < -0.3 is 10.2 Å². The quantitative estimate of drug-likeness (QED) is 0.297. The summed E-state index contributed by atoms with van der Waals surface area (Å²) in [5, 5.41) is 22.8. The highest BCUT2D eigenvalue weighted by atomic mass is 16.3. The molecule has 32 heavy (non-hydrogen) atoms. The fourth-order valence-electron chi connectivity index (χ4n) is 5.66. The number of phenolic OH excluding ortho intramolecular Hbond substituents is 1. The monoisotopic (exact) mass is 440 g/mol. The first-order chi connectivity index (χ1) is 15.0. The van der Waals surface area contributed by atoms with Crippen molar-refractivity contribution in [1.82, 2.24) is 0 Å². The van der Waals surface area contributed by atoms with E-state index in [9.17, 15) is 10.2 Å². The normalized spacial score (nSPS) is 19.6. The molecule has 1 aromatic rings. The van der Waals surface area contributed by atoms with E-state index in [2.05, 4.69) is 73.6 Å². The highest BCUT2D eigenvalue weighted by Gasteiger charge is 2.33. The molecule has 0 aromatic heterocycles. The van der Waals surface area contributed by atoms with Crippen LogP contribution in [0, 0.1) is 18.3 Å². The van der Waals surface area contributed by atoms with Crippen LogP contribution in [-0.2, 0) is 11.8 Å². The van der Waals surface area contributed by atoms with Crippen molar-refractivity contribution in [2.45, 2.75) is 119 Å². The van der Waals surface area contributed by atoms with E-state index in [0.717, 1.165) is 48.8 Å². The number of aliphatic hydroxyl groups excluding tert-OH is 1. The molecule has 0 saturated heterocycles. The first kappa shape index (κ1) is 26.6. The van der Waals surface area contributed by atoms with E-state index in [1.807, 2.05) is 0 Å². The average molecular weight is 441 g/mol. The number of aliphatic hydroxyl groups is 1. The van der Waals surface area contributed by atoms with Crippen molar-refractivity contribution in [3.05, 3.63) is 51.8 Å². The zero-order valence-electron chi connectivity index (χ0n) is 22.1. The highest BCUT2D eigenvalue weighted by Crippen LogP contribution is 2.45. The van der Waals surface area contributed by atoms with E-state index in [4.69, 9.17) is 0 Å². The Hall–Kier alpha value is -1.70. The summed E-state index contributed by atoms with van der Waals surface area (Å²) in [6, 6.07) is 4.30. The molecule has 2 N–H and O–H groups in total. The summed E-state index contributed by atoms with van der Waals surface area (Å²) in [4.78, 5) is 0. The molecule has 1 fully saturated rings. The van der Waals surface area contributed by atoms with Crippen molar-refractivity contribution in [2.24, 2.45) is 11.3 Å². The van der Waals surface area contributed by atoms with Crippen LogP contribution < -0.4 is 0 Å². The van der Waals surface area contributed by atoms with E-state index in [1.165, 1.54) is 30.4 Å². The summed E-state index contributed by atoms with van der Waals surface area (Å²) in [6.45, 7) is 17.5. The van der Waals surface area contributed by atoms with E-state index in [0.29, 0.717) is 17.9 Å². The van der Waals surface area contributed by atoms with Crippen molar-refractivity contribution in [3.8, 4) is 5.75 Å². The minimum Gasteiger partial charge on any atom is -0.512 e. The predicted octanol–water partition coefficient (Wildman–Crippen LogP) is 9.10. The Bertz CT molecular complexity index is 835. The lowest BCUT2D eigenvalue weighted by Crippen LogP contribution is -2.25. The third kappa shape index (κ3) is 6.00. The average Bonchev–Trinajstić information content (AvgIpc) is 2.74. The van der Waals surface area contributed by atoms with Gasteiger partial charge in [0.15, 0.2) is 0 Å². The standard InChI is InChI=1S/C30H48O2/c1-9-14-29(7,10-2)25(17-21(3)4)27(31)23(6)20-24-18-22(5)19-26(28(24)32)30(8)15-12-11-13-16-30/h17-19,23,31-32H,9-16,20H2,1-8H3/b27-25-. The Morgan fingerprint density at radius 2 is 1.78 bits per heavy atom. The lowest BCUT2D eigenvalue weighted by molar-refractivity contribution is 0.285. The minimum atomic E-state index is -0.0527. The molecule has 1 aliphatic carbocycles. The number of aromatic hydroxyl groups is 1. The van der Waals surface area contributed by atoms with Crippen LogP contribution in [0.25, 0.3) is 0 Å². The number of hydrogen-bond donors (Lipinski definition) is 2. The van der Waals surface area contributed by atoms with Crippen molar-refractivity contribution in [1.29, 1.82) is 0 Å². The third-order valence-electron chi connectivity index (χ3n) is 7.87. The smallest absolute Gasteiger partial charge is 0.122 e. The second kappa shape index (κ2) is 10.9. The second-order valence-electron chi connectivity index (χ2n) is 11.2. The molecular formula is C30H48O2. The lowest BCUT2D eigenvalue weighted by Gasteiger charge is -2.35. The third-order valence-corrected chi connectivity index (χ3v) is 7.87. The number of benzene rings is 1. The van der Waals surface area contributed by atoms with Gasteiger partial charge in [0, 0.05) is 11.5 Å². The van der Waals surface area contributed by atoms with Gasteiger partial charge in [-0.25, -0.2) is 0 Å². The van der Waals surface area contributed by atoms with Gasteiger partial charge in [0.05, 0.1) is 5.76 Å². The van der Waals surface area contributed by atoms with Gasteiger partial charge in [-0.15, -0.1) is 0 Å². The fourth-order valence-corrected chi connectivity index (χ4v) is 5.66. The van der Waals surface area contributed by atoms with Crippen LogP contribution in [0.1, 0.15) is 117 Å². The molecule has 0 bridgehead atoms. The van der Waals surface area contributed by atoms with Gasteiger partial charge in [0.25, 0.3) is 0 Å². The van der Waals surface area contributed by atoms with Gasteiger partial charge in [0.1, 0.15) is 5.75 Å². The predicted molar refractivity (Wildman–Crippen MR) is 139 cm³/mol. The van der Waals surface area contributed by atoms with Crippen LogP contribution in [0.4, 0.5) is 0 Å². The number of aryl methyl sites for hydroxylation is 1. The molecule has 2 heteroatoms. The highest BCUT2D eigenvalue weighted by molar-refractivity contribution is 5.48. The zero-order valence-corrected chi connectivity index (χ0v) is 22.1. The maximum absolute atomic E-state index is 11.5. The second-order valence-corrected chi connectivity index (χ2v) is 11.2.